The first-order valence-corrected chi connectivity index (χ1v) is 10.9. The molecule has 1 aromatic carbocycles. The molecule has 23 heavy (non-hydrogen) atoms. The van der Waals surface area contributed by atoms with Crippen LogP contribution in [0.25, 0.3) is 0 Å². The van der Waals surface area contributed by atoms with Crippen molar-refractivity contribution in [1.82, 2.24) is 0 Å². The van der Waals surface area contributed by atoms with E-state index in [0.29, 0.717) is 0 Å². The van der Waals surface area contributed by atoms with Gasteiger partial charge in [0.25, 0.3) is 0 Å². The van der Waals surface area contributed by atoms with E-state index in [0.717, 1.165) is 33.7 Å². The Morgan fingerprint density at radius 2 is 1.87 bits per heavy atom. The summed E-state index contributed by atoms with van der Waals surface area (Å²) in [7, 11) is 1.67. The Balaban J connectivity index is 2.29. The van der Waals surface area contributed by atoms with Crippen molar-refractivity contribution in [3.63, 3.8) is 0 Å². The molecule has 4 heteroatoms. The van der Waals surface area contributed by atoms with E-state index in [4.69, 9.17) is 4.74 Å². The molecule has 0 saturated carbocycles. The average Bonchev–Trinajstić information content (AvgIpc) is 2.68. The fourth-order valence-electron chi connectivity index (χ4n) is 3.59. The minimum atomic E-state index is -0.930. The van der Waals surface area contributed by atoms with Crippen molar-refractivity contribution in [1.29, 1.82) is 0 Å². The summed E-state index contributed by atoms with van der Waals surface area (Å²) in [6.07, 6.45) is 9.51. The predicted octanol–water partition coefficient (Wildman–Crippen LogP) is 5.88. The molecule has 1 unspecified atom stereocenters. The first kappa shape index (κ1) is 19.1. The summed E-state index contributed by atoms with van der Waals surface area (Å²) < 4.78 is 19.4. The third-order valence-corrected chi connectivity index (χ3v) is 7.43. The molecule has 0 N–H and O–H groups in total. The molecule has 1 aliphatic heterocycles. The van der Waals surface area contributed by atoms with Crippen LogP contribution in [0.4, 0.5) is 0 Å². The fraction of sp³-hybridized carbons (Fsp3) is 0.684. The van der Waals surface area contributed by atoms with Crippen LogP contribution in [0.15, 0.2) is 21.5 Å². The van der Waals surface area contributed by atoms with E-state index in [1.807, 2.05) is 6.07 Å². The van der Waals surface area contributed by atoms with Crippen molar-refractivity contribution in [3.8, 4) is 5.75 Å². The lowest BCUT2D eigenvalue weighted by Crippen LogP contribution is -2.29. The van der Waals surface area contributed by atoms with Gasteiger partial charge in [0.15, 0.2) is 4.90 Å². The highest BCUT2D eigenvalue weighted by molar-refractivity contribution is 9.10. The Labute approximate surface area is 152 Å². The van der Waals surface area contributed by atoms with Gasteiger partial charge in [0.05, 0.1) is 11.6 Å². The molecule has 0 radical (unpaired) electrons. The van der Waals surface area contributed by atoms with Crippen molar-refractivity contribution in [2.24, 2.45) is 5.41 Å². The number of fused-ring (bicyclic) bond motifs is 1. The van der Waals surface area contributed by atoms with Gasteiger partial charge in [-0.1, -0.05) is 39.5 Å². The molecule has 1 atom stereocenters. The van der Waals surface area contributed by atoms with Gasteiger partial charge in [-0.05, 0) is 58.9 Å². The Morgan fingerprint density at radius 1 is 1.22 bits per heavy atom. The Bertz CT molecular complexity index is 510. The highest BCUT2D eigenvalue weighted by Crippen LogP contribution is 2.44. The number of hydrogen-bond donors (Lipinski definition) is 0. The van der Waals surface area contributed by atoms with Gasteiger partial charge >= 0.3 is 0 Å². The van der Waals surface area contributed by atoms with Crippen LogP contribution in [-0.2, 0) is 17.6 Å². The number of halogens is 1. The van der Waals surface area contributed by atoms with E-state index in [1.165, 1.54) is 44.1 Å². The molecule has 130 valence electrons. The quantitative estimate of drug-likeness (QED) is 0.535. The summed E-state index contributed by atoms with van der Waals surface area (Å²) in [6, 6.07) is 4.09. The van der Waals surface area contributed by atoms with Crippen LogP contribution in [0.3, 0.4) is 0 Å². The maximum absolute atomic E-state index is 13.1. The van der Waals surface area contributed by atoms with E-state index in [9.17, 15) is 4.55 Å². The topological polar surface area (TPSA) is 32.3 Å². The number of hydrogen-bond acceptors (Lipinski definition) is 2. The van der Waals surface area contributed by atoms with Gasteiger partial charge in [-0.25, -0.2) is 0 Å². The molecule has 0 amide bonds. The molecule has 1 aliphatic rings. The van der Waals surface area contributed by atoms with Crippen LogP contribution >= 0.6 is 15.9 Å². The maximum Gasteiger partial charge on any atom is 0.159 e. The van der Waals surface area contributed by atoms with Crippen LogP contribution in [0, 0.1) is 5.41 Å². The third kappa shape index (κ3) is 4.67. The van der Waals surface area contributed by atoms with Crippen molar-refractivity contribution in [2.45, 2.75) is 70.1 Å². The summed E-state index contributed by atoms with van der Waals surface area (Å²) >= 11 is 2.64. The molecular weight excluding hydrogens is 372 g/mol. The second-order valence-electron chi connectivity index (χ2n) is 6.79. The van der Waals surface area contributed by atoms with Gasteiger partial charge < -0.3 is 9.29 Å². The molecule has 0 aliphatic carbocycles. The van der Waals surface area contributed by atoms with Gasteiger partial charge in [0.1, 0.15) is 11.5 Å². The second kappa shape index (κ2) is 8.77. The number of benzene rings is 1. The lowest BCUT2D eigenvalue weighted by Gasteiger charge is -2.32. The molecule has 1 heterocycles. The van der Waals surface area contributed by atoms with Gasteiger partial charge in [-0.3, -0.25) is 0 Å². The van der Waals surface area contributed by atoms with Gasteiger partial charge in [-0.2, -0.15) is 0 Å². The fourth-order valence-corrected chi connectivity index (χ4v) is 5.98. The molecule has 0 bridgehead atoms. The molecule has 0 saturated heterocycles. The van der Waals surface area contributed by atoms with Crippen molar-refractivity contribution in [2.75, 3.05) is 12.9 Å². The maximum atomic E-state index is 13.1. The largest absolute Gasteiger partial charge is 0.611 e. The summed E-state index contributed by atoms with van der Waals surface area (Å²) in [5, 5.41) is 0. The molecule has 0 spiro atoms. The van der Waals surface area contributed by atoms with E-state index in [2.05, 4.69) is 35.8 Å². The molecule has 0 aromatic heterocycles. The lowest BCUT2D eigenvalue weighted by molar-refractivity contribution is 0.240. The average molecular weight is 401 g/mol. The smallest absolute Gasteiger partial charge is 0.159 e. The van der Waals surface area contributed by atoms with Crippen molar-refractivity contribution >= 4 is 27.1 Å². The van der Waals surface area contributed by atoms with Gasteiger partial charge in [0.2, 0.25) is 0 Å². The molecule has 0 fully saturated rings. The summed E-state index contributed by atoms with van der Waals surface area (Å²) in [4.78, 5) is 0.986. The van der Waals surface area contributed by atoms with Crippen LogP contribution in [0.2, 0.25) is 0 Å². The molecule has 2 nitrogen and oxygen atoms in total. The monoisotopic (exact) mass is 400 g/mol. The SMILES string of the molecule is CCCCC1(CCCC)CCc2cc(Br)c(OC)cc2[S+]([O-])C1. The highest BCUT2D eigenvalue weighted by Gasteiger charge is 2.38. The zero-order valence-electron chi connectivity index (χ0n) is 14.6. The third-order valence-electron chi connectivity index (χ3n) is 5.06. The molecular formula is C19H29BrO2S. The second-order valence-corrected chi connectivity index (χ2v) is 9.07. The standard InChI is InChI=1S/C19H29BrO2S/c1-4-6-9-19(10-7-5-2)11-8-15-12-16(20)17(22-3)13-18(15)23(21)14-19/h12-13H,4-11,14H2,1-3H3. The summed E-state index contributed by atoms with van der Waals surface area (Å²) in [6.45, 7) is 4.50. The highest BCUT2D eigenvalue weighted by atomic mass is 79.9. The van der Waals surface area contributed by atoms with Crippen molar-refractivity contribution in [3.05, 3.63) is 22.2 Å². The molecule has 1 aromatic rings. The van der Waals surface area contributed by atoms with Crippen LogP contribution in [0.1, 0.15) is 64.4 Å². The zero-order chi connectivity index (χ0) is 16.9. The molecule has 2 rings (SSSR count). The number of aryl methyl sites for hydroxylation is 1. The summed E-state index contributed by atoms with van der Waals surface area (Å²) in [5.74, 6) is 1.59. The first-order chi connectivity index (χ1) is 11.0. The zero-order valence-corrected chi connectivity index (χ0v) is 17.0. The Hall–Kier alpha value is -0.190. The van der Waals surface area contributed by atoms with Crippen LogP contribution in [-0.4, -0.2) is 17.4 Å². The minimum absolute atomic E-state index is 0.246. The van der Waals surface area contributed by atoms with E-state index < -0.39 is 11.2 Å². The van der Waals surface area contributed by atoms with Crippen LogP contribution < -0.4 is 4.74 Å². The Kier molecular flexibility index (Phi) is 7.30. The first-order valence-electron chi connectivity index (χ1n) is 8.80. The number of unbranched alkanes of at least 4 members (excludes halogenated alkanes) is 2. The normalized spacial score (nSPS) is 20.0. The van der Waals surface area contributed by atoms with Crippen LogP contribution in [0.5, 0.6) is 5.75 Å². The minimum Gasteiger partial charge on any atom is -0.611 e. The van der Waals surface area contributed by atoms with E-state index in [-0.39, 0.29) is 5.41 Å². The van der Waals surface area contributed by atoms with E-state index in [1.54, 1.807) is 7.11 Å². The number of rotatable bonds is 7. The predicted molar refractivity (Wildman–Crippen MR) is 102 cm³/mol. The lowest BCUT2D eigenvalue weighted by atomic mass is 9.76. The van der Waals surface area contributed by atoms with Gasteiger partial charge in [0, 0.05) is 17.0 Å². The number of ether oxygens (including phenoxy) is 1. The van der Waals surface area contributed by atoms with Gasteiger partial charge in [-0.15, -0.1) is 0 Å². The summed E-state index contributed by atoms with van der Waals surface area (Å²) in [5.41, 5.74) is 1.47. The van der Waals surface area contributed by atoms with E-state index >= 15 is 0 Å². The Morgan fingerprint density at radius 3 is 2.43 bits per heavy atom. The van der Waals surface area contributed by atoms with Crippen molar-refractivity contribution < 1.29 is 9.29 Å². The number of methoxy groups -OCH3 is 1.